The zero-order chi connectivity index (χ0) is 25.1. The third kappa shape index (κ3) is 4.46. The summed E-state index contributed by atoms with van der Waals surface area (Å²) >= 11 is 0. The number of pyridine rings is 1. The van der Waals surface area contributed by atoms with Crippen molar-refractivity contribution in [2.24, 2.45) is 0 Å². The van der Waals surface area contributed by atoms with Crippen LogP contribution in [0.1, 0.15) is 6.42 Å². The molecule has 0 atom stereocenters. The Morgan fingerprint density at radius 2 is 1.56 bits per heavy atom. The number of fused-ring (bicyclic) bond motifs is 1. The van der Waals surface area contributed by atoms with E-state index in [2.05, 4.69) is 20.7 Å². The molecule has 2 aromatic heterocycles. The molecule has 0 spiro atoms. The van der Waals surface area contributed by atoms with E-state index in [1.165, 1.54) is 7.11 Å². The second kappa shape index (κ2) is 9.47. The average molecular weight is 487 g/mol. The van der Waals surface area contributed by atoms with Gasteiger partial charge in [-0.1, -0.05) is 0 Å². The zero-order valence-electron chi connectivity index (χ0n) is 19.1. The quantitative estimate of drug-likeness (QED) is 0.363. The lowest BCUT2D eigenvalue weighted by Gasteiger charge is -2.34. The van der Waals surface area contributed by atoms with Gasteiger partial charge < -0.3 is 14.2 Å². The normalized spacial score (nSPS) is 14.9. The summed E-state index contributed by atoms with van der Waals surface area (Å²) in [6.07, 6.45) is 5.23. The SMILES string of the molecule is COCCC1(Oc2ccc(Oc3ccc4nn(-c5ccncc5)cc4c3)cc2)C(=O)NC(=O)NC1=O. The van der Waals surface area contributed by atoms with Gasteiger partial charge in [0.25, 0.3) is 17.4 Å². The molecule has 1 aliphatic rings. The molecule has 0 saturated carbocycles. The lowest BCUT2D eigenvalue weighted by Crippen LogP contribution is -2.69. The number of hydrogen-bond donors (Lipinski definition) is 2. The average Bonchev–Trinajstić information content (AvgIpc) is 3.31. The van der Waals surface area contributed by atoms with Crippen LogP contribution in [0.5, 0.6) is 17.2 Å². The number of amides is 4. The molecule has 182 valence electrons. The number of nitrogens with one attached hydrogen (secondary N) is 2. The molecular weight excluding hydrogens is 466 g/mol. The zero-order valence-corrected chi connectivity index (χ0v) is 19.1. The van der Waals surface area contributed by atoms with Crippen LogP contribution in [-0.2, 0) is 14.3 Å². The number of barbiturate groups is 1. The number of imide groups is 2. The van der Waals surface area contributed by atoms with E-state index in [1.807, 2.05) is 36.5 Å². The Bertz CT molecular complexity index is 1410. The molecule has 0 radical (unpaired) electrons. The molecule has 0 unspecified atom stereocenters. The van der Waals surface area contributed by atoms with E-state index in [-0.39, 0.29) is 18.8 Å². The van der Waals surface area contributed by atoms with Gasteiger partial charge in [0.05, 0.1) is 17.8 Å². The van der Waals surface area contributed by atoms with Crippen LogP contribution in [0.15, 0.2) is 73.2 Å². The van der Waals surface area contributed by atoms with Gasteiger partial charge in [-0.3, -0.25) is 25.2 Å². The second-order valence-electron chi connectivity index (χ2n) is 7.98. The third-order valence-electron chi connectivity index (χ3n) is 5.60. The Kier molecular flexibility index (Phi) is 6.05. The molecule has 5 rings (SSSR count). The molecule has 1 saturated heterocycles. The van der Waals surface area contributed by atoms with Crippen molar-refractivity contribution in [2.75, 3.05) is 13.7 Å². The minimum Gasteiger partial charge on any atom is -0.467 e. The highest BCUT2D eigenvalue weighted by atomic mass is 16.5. The number of rotatable bonds is 8. The van der Waals surface area contributed by atoms with Crippen molar-refractivity contribution in [3.63, 3.8) is 0 Å². The summed E-state index contributed by atoms with van der Waals surface area (Å²) in [5, 5.41) is 9.61. The first-order valence-corrected chi connectivity index (χ1v) is 11.0. The van der Waals surface area contributed by atoms with Gasteiger partial charge in [-0.05, 0) is 54.6 Å². The van der Waals surface area contributed by atoms with Crippen LogP contribution in [0, 0.1) is 0 Å². The summed E-state index contributed by atoms with van der Waals surface area (Å²) in [6.45, 7) is 0.0659. The van der Waals surface area contributed by atoms with Crippen molar-refractivity contribution >= 4 is 28.7 Å². The van der Waals surface area contributed by atoms with Crippen LogP contribution >= 0.6 is 0 Å². The summed E-state index contributed by atoms with van der Waals surface area (Å²) in [6, 6.07) is 14.8. The Morgan fingerprint density at radius 1 is 0.889 bits per heavy atom. The van der Waals surface area contributed by atoms with Crippen LogP contribution in [0.2, 0.25) is 0 Å². The third-order valence-corrected chi connectivity index (χ3v) is 5.60. The molecule has 0 aliphatic carbocycles. The monoisotopic (exact) mass is 487 g/mol. The maximum atomic E-state index is 12.5. The molecule has 1 fully saturated rings. The molecule has 11 heteroatoms. The smallest absolute Gasteiger partial charge is 0.328 e. The molecule has 11 nitrogen and oxygen atoms in total. The van der Waals surface area contributed by atoms with Crippen LogP contribution < -0.4 is 20.1 Å². The van der Waals surface area contributed by atoms with Gasteiger partial charge in [0.2, 0.25) is 0 Å². The van der Waals surface area contributed by atoms with Crippen molar-refractivity contribution in [2.45, 2.75) is 12.0 Å². The van der Waals surface area contributed by atoms with Gasteiger partial charge in [-0.2, -0.15) is 5.10 Å². The maximum absolute atomic E-state index is 12.5. The van der Waals surface area contributed by atoms with E-state index in [0.29, 0.717) is 11.5 Å². The van der Waals surface area contributed by atoms with E-state index in [1.54, 1.807) is 41.3 Å². The number of ether oxygens (including phenoxy) is 3. The molecule has 4 aromatic rings. The first-order valence-electron chi connectivity index (χ1n) is 11.0. The second-order valence-corrected chi connectivity index (χ2v) is 7.98. The number of aromatic nitrogens is 3. The number of methoxy groups -OCH3 is 1. The fourth-order valence-corrected chi connectivity index (χ4v) is 3.77. The van der Waals surface area contributed by atoms with Gasteiger partial charge in [0.15, 0.2) is 0 Å². The molecule has 1 aliphatic heterocycles. The molecule has 4 amide bonds. The summed E-state index contributed by atoms with van der Waals surface area (Å²) in [7, 11) is 1.44. The van der Waals surface area contributed by atoms with Crippen molar-refractivity contribution in [3.05, 3.63) is 73.2 Å². The molecule has 0 bridgehead atoms. The minimum absolute atomic E-state index is 0.0659. The fourth-order valence-electron chi connectivity index (χ4n) is 3.77. The van der Waals surface area contributed by atoms with Gasteiger partial charge in [-0.15, -0.1) is 0 Å². The van der Waals surface area contributed by atoms with Crippen molar-refractivity contribution in [1.82, 2.24) is 25.4 Å². The molecular formula is C25H21N5O6. The van der Waals surface area contributed by atoms with Crippen LogP contribution in [0.3, 0.4) is 0 Å². The topological polar surface area (TPSA) is 134 Å². The van der Waals surface area contributed by atoms with E-state index in [0.717, 1.165) is 16.6 Å². The first-order chi connectivity index (χ1) is 17.5. The van der Waals surface area contributed by atoms with Crippen LogP contribution in [0.25, 0.3) is 16.6 Å². The summed E-state index contributed by atoms with van der Waals surface area (Å²) in [4.78, 5) is 40.6. The number of carbonyl (C=O) groups is 3. The Hall–Kier alpha value is -4.77. The maximum Gasteiger partial charge on any atom is 0.328 e. The number of urea groups is 1. The summed E-state index contributed by atoms with van der Waals surface area (Å²) < 4.78 is 18.6. The van der Waals surface area contributed by atoms with Gasteiger partial charge >= 0.3 is 6.03 Å². The van der Waals surface area contributed by atoms with E-state index in [4.69, 9.17) is 14.2 Å². The summed E-state index contributed by atoms with van der Waals surface area (Å²) in [5.74, 6) is -0.343. The Balaban J connectivity index is 1.33. The van der Waals surface area contributed by atoms with Crippen molar-refractivity contribution in [3.8, 4) is 22.9 Å². The highest BCUT2D eigenvalue weighted by Gasteiger charge is 2.52. The standard InChI is InChI=1S/C25H21N5O6/c1-34-13-10-25(22(31)27-24(33)28-23(25)32)36-19-4-2-18(3-5-19)35-20-6-7-21-16(14-20)15-30(29-21)17-8-11-26-12-9-17/h2-9,11-12,14-15H,10,13H2,1H3,(H2,27,28,31,32,33). The van der Waals surface area contributed by atoms with Gasteiger partial charge in [0.1, 0.15) is 17.2 Å². The number of benzene rings is 2. The van der Waals surface area contributed by atoms with E-state index >= 15 is 0 Å². The lowest BCUT2D eigenvalue weighted by molar-refractivity contribution is -0.153. The largest absolute Gasteiger partial charge is 0.467 e. The van der Waals surface area contributed by atoms with Gasteiger partial charge in [0, 0.05) is 37.5 Å². The fraction of sp³-hybridized carbons (Fsp3) is 0.160. The van der Waals surface area contributed by atoms with Crippen molar-refractivity contribution < 1.29 is 28.6 Å². The Labute approximate surface area is 205 Å². The van der Waals surface area contributed by atoms with E-state index in [9.17, 15) is 14.4 Å². The van der Waals surface area contributed by atoms with Crippen LogP contribution in [-0.4, -0.2) is 51.9 Å². The highest BCUT2D eigenvalue weighted by Crippen LogP contribution is 2.30. The molecule has 2 N–H and O–H groups in total. The number of hydrogen-bond acceptors (Lipinski definition) is 8. The molecule has 3 heterocycles. The number of nitrogens with zero attached hydrogens (tertiary/aromatic N) is 3. The summed E-state index contributed by atoms with van der Waals surface area (Å²) in [5.41, 5.74) is -0.231. The molecule has 2 aromatic carbocycles. The lowest BCUT2D eigenvalue weighted by atomic mass is 9.95. The highest BCUT2D eigenvalue weighted by molar-refractivity contribution is 6.21. The van der Waals surface area contributed by atoms with E-state index < -0.39 is 23.4 Å². The first kappa shape index (κ1) is 23.0. The molecule has 36 heavy (non-hydrogen) atoms. The van der Waals surface area contributed by atoms with Gasteiger partial charge in [-0.25, -0.2) is 9.48 Å². The predicted octanol–water partition coefficient (Wildman–Crippen LogP) is 2.73. The Morgan fingerprint density at radius 3 is 2.25 bits per heavy atom. The predicted molar refractivity (Wildman–Crippen MR) is 127 cm³/mol. The number of carbonyl (C=O) groups excluding carboxylic acids is 3. The minimum atomic E-state index is -1.94. The van der Waals surface area contributed by atoms with Crippen LogP contribution in [0.4, 0.5) is 4.79 Å². The van der Waals surface area contributed by atoms with Crippen molar-refractivity contribution in [1.29, 1.82) is 0 Å².